The van der Waals surface area contributed by atoms with Gasteiger partial charge in [-0.25, -0.2) is 0 Å². The lowest BCUT2D eigenvalue weighted by atomic mass is 9.46. The quantitative estimate of drug-likeness (QED) is 0.700. The van der Waals surface area contributed by atoms with E-state index in [0.29, 0.717) is 11.8 Å². The number of aliphatic carboxylic acids is 1. The third-order valence-electron chi connectivity index (χ3n) is 7.08. The zero-order valence-electron chi connectivity index (χ0n) is 15.1. The van der Waals surface area contributed by atoms with Crippen LogP contribution in [0, 0.1) is 28.6 Å². The van der Waals surface area contributed by atoms with E-state index in [1.165, 1.54) is 5.57 Å². The number of aliphatic hydroxyl groups excluding tert-OH is 1. The van der Waals surface area contributed by atoms with Crippen molar-refractivity contribution in [3.63, 3.8) is 0 Å². The zero-order valence-corrected chi connectivity index (χ0v) is 15.1. The summed E-state index contributed by atoms with van der Waals surface area (Å²) < 4.78 is 0. The first-order valence-electron chi connectivity index (χ1n) is 9.27. The second-order valence-electron chi connectivity index (χ2n) is 8.58. The van der Waals surface area contributed by atoms with Gasteiger partial charge in [0.15, 0.2) is 0 Å². The van der Waals surface area contributed by atoms with Gasteiger partial charge in [-0.3, -0.25) is 4.79 Å². The van der Waals surface area contributed by atoms with Crippen molar-refractivity contribution >= 4 is 5.97 Å². The number of allylic oxidation sites excluding steroid dienone is 1. The summed E-state index contributed by atoms with van der Waals surface area (Å²) in [6.45, 7) is 11.1. The minimum absolute atomic E-state index is 0.0691. The van der Waals surface area contributed by atoms with Crippen molar-refractivity contribution in [3.8, 4) is 0 Å². The molecule has 0 radical (unpaired) electrons. The molecule has 0 saturated heterocycles. The fraction of sp³-hybridized carbons (Fsp3) is 0.850. The Labute approximate surface area is 141 Å². The highest BCUT2D eigenvalue weighted by Gasteiger charge is 2.57. The van der Waals surface area contributed by atoms with Crippen LogP contribution in [0.1, 0.15) is 72.1 Å². The molecule has 0 amide bonds. The van der Waals surface area contributed by atoms with Crippen LogP contribution in [0.25, 0.3) is 0 Å². The van der Waals surface area contributed by atoms with Crippen molar-refractivity contribution in [3.05, 3.63) is 12.2 Å². The Morgan fingerprint density at radius 2 is 2.04 bits per heavy atom. The molecule has 2 fully saturated rings. The molecule has 3 nitrogen and oxygen atoms in total. The fourth-order valence-electron chi connectivity index (χ4n) is 5.55. The molecule has 0 heterocycles. The first kappa shape index (κ1) is 18.5. The van der Waals surface area contributed by atoms with E-state index < -0.39 is 11.4 Å². The SMILES string of the molecule is C=C1CC[C@H]2[C@](C)(CCC[C@]2(C)C(=O)O)[C@H]1CC[C@H](C)CCO. The largest absolute Gasteiger partial charge is 0.481 e. The molecule has 0 aromatic carbocycles. The fourth-order valence-corrected chi connectivity index (χ4v) is 5.55. The summed E-state index contributed by atoms with van der Waals surface area (Å²) >= 11 is 0. The number of carboxylic acids is 1. The molecule has 132 valence electrons. The molecule has 0 spiro atoms. The average molecular weight is 322 g/mol. The Morgan fingerprint density at radius 1 is 1.35 bits per heavy atom. The third kappa shape index (κ3) is 3.35. The van der Waals surface area contributed by atoms with Crippen molar-refractivity contribution in [1.29, 1.82) is 0 Å². The molecule has 2 aliphatic rings. The topological polar surface area (TPSA) is 57.5 Å². The van der Waals surface area contributed by atoms with E-state index >= 15 is 0 Å². The zero-order chi connectivity index (χ0) is 17.3. The van der Waals surface area contributed by atoms with Gasteiger partial charge in [-0.2, -0.15) is 0 Å². The minimum Gasteiger partial charge on any atom is -0.481 e. The van der Waals surface area contributed by atoms with Gasteiger partial charge in [0.25, 0.3) is 0 Å². The number of fused-ring (bicyclic) bond motifs is 1. The highest BCUT2D eigenvalue weighted by molar-refractivity contribution is 5.75. The molecular formula is C20H34O3. The smallest absolute Gasteiger partial charge is 0.309 e. The molecule has 0 unspecified atom stereocenters. The van der Waals surface area contributed by atoms with Crippen LogP contribution in [-0.4, -0.2) is 22.8 Å². The molecule has 2 rings (SSSR count). The third-order valence-corrected chi connectivity index (χ3v) is 7.08. The predicted molar refractivity (Wildman–Crippen MR) is 93.2 cm³/mol. The van der Waals surface area contributed by atoms with E-state index in [1.54, 1.807) is 0 Å². The Morgan fingerprint density at radius 3 is 2.65 bits per heavy atom. The van der Waals surface area contributed by atoms with E-state index in [9.17, 15) is 9.90 Å². The van der Waals surface area contributed by atoms with Crippen LogP contribution >= 0.6 is 0 Å². The lowest BCUT2D eigenvalue weighted by molar-refractivity contribution is -0.164. The van der Waals surface area contributed by atoms with Crippen LogP contribution in [0.5, 0.6) is 0 Å². The lowest BCUT2D eigenvalue weighted by Gasteiger charge is -2.57. The monoisotopic (exact) mass is 322 g/mol. The molecule has 3 heteroatoms. The maximum absolute atomic E-state index is 12.0. The van der Waals surface area contributed by atoms with Gasteiger partial charge in [0.2, 0.25) is 0 Å². The standard InChI is InChI=1S/C20H34O3/c1-14(10-13-21)6-8-16-15(2)7-9-17-19(16,3)11-5-12-20(17,4)18(22)23/h14,16-17,21H,2,5-13H2,1,3-4H3,(H,22,23)/t14-,16-,17-,19+,20-/m0/s1. The molecule has 2 aliphatic carbocycles. The summed E-state index contributed by atoms with van der Waals surface area (Å²) in [6, 6.07) is 0. The Bertz CT molecular complexity index is 458. The maximum Gasteiger partial charge on any atom is 0.309 e. The van der Waals surface area contributed by atoms with E-state index in [-0.39, 0.29) is 17.9 Å². The van der Waals surface area contributed by atoms with Gasteiger partial charge in [-0.05, 0) is 68.6 Å². The molecular weight excluding hydrogens is 288 g/mol. The van der Waals surface area contributed by atoms with Crippen LogP contribution in [-0.2, 0) is 4.79 Å². The summed E-state index contributed by atoms with van der Waals surface area (Å²) in [5.41, 5.74) is 0.817. The predicted octanol–water partition coefficient (Wildman–Crippen LogP) is 4.65. The van der Waals surface area contributed by atoms with Crippen LogP contribution in [0.2, 0.25) is 0 Å². The molecule has 0 aromatic heterocycles. The number of hydrogen-bond donors (Lipinski definition) is 2. The van der Waals surface area contributed by atoms with Crippen LogP contribution in [0.3, 0.4) is 0 Å². The van der Waals surface area contributed by atoms with E-state index in [1.807, 2.05) is 6.92 Å². The van der Waals surface area contributed by atoms with Crippen molar-refractivity contribution in [2.75, 3.05) is 6.61 Å². The Balaban J connectivity index is 2.21. The van der Waals surface area contributed by atoms with E-state index in [0.717, 1.165) is 51.4 Å². The van der Waals surface area contributed by atoms with E-state index in [2.05, 4.69) is 20.4 Å². The summed E-state index contributed by atoms with van der Waals surface area (Å²) in [5, 5.41) is 19.0. The molecule has 23 heavy (non-hydrogen) atoms. The number of rotatable bonds is 6. The number of hydrogen-bond acceptors (Lipinski definition) is 2. The number of aliphatic hydroxyl groups is 1. The van der Waals surface area contributed by atoms with Gasteiger partial charge >= 0.3 is 5.97 Å². The second kappa shape index (κ2) is 6.96. The average Bonchev–Trinajstić information content (AvgIpc) is 2.46. The normalized spacial score (nSPS) is 38.9. The summed E-state index contributed by atoms with van der Waals surface area (Å²) in [6.07, 6.45) is 7.92. The second-order valence-corrected chi connectivity index (χ2v) is 8.58. The molecule has 2 saturated carbocycles. The minimum atomic E-state index is -0.617. The van der Waals surface area contributed by atoms with Gasteiger partial charge in [-0.1, -0.05) is 38.8 Å². The maximum atomic E-state index is 12.0. The van der Waals surface area contributed by atoms with Gasteiger partial charge in [0.05, 0.1) is 5.41 Å². The van der Waals surface area contributed by atoms with E-state index in [4.69, 9.17) is 5.11 Å². The molecule has 0 bridgehead atoms. The Kier molecular flexibility index (Phi) is 5.60. The first-order chi connectivity index (χ1) is 10.8. The van der Waals surface area contributed by atoms with Gasteiger partial charge < -0.3 is 10.2 Å². The van der Waals surface area contributed by atoms with Gasteiger partial charge in [0, 0.05) is 6.61 Å². The van der Waals surface area contributed by atoms with Crippen LogP contribution < -0.4 is 0 Å². The highest BCUT2D eigenvalue weighted by Crippen LogP contribution is 2.62. The summed E-state index contributed by atoms with van der Waals surface area (Å²) in [4.78, 5) is 12.0. The summed E-state index contributed by atoms with van der Waals surface area (Å²) in [7, 11) is 0. The molecule has 0 aromatic rings. The van der Waals surface area contributed by atoms with Crippen molar-refractivity contribution < 1.29 is 15.0 Å². The number of carbonyl (C=O) groups is 1. The molecule has 5 atom stereocenters. The van der Waals surface area contributed by atoms with Crippen molar-refractivity contribution in [2.45, 2.75) is 72.1 Å². The van der Waals surface area contributed by atoms with Crippen LogP contribution in [0.4, 0.5) is 0 Å². The molecule has 2 N–H and O–H groups in total. The van der Waals surface area contributed by atoms with Crippen LogP contribution in [0.15, 0.2) is 12.2 Å². The van der Waals surface area contributed by atoms with Gasteiger partial charge in [0.1, 0.15) is 0 Å². The Hall–Kier alpha value is -0.830. The number of carboxylic acid groups (broad SMARTS) is 1. The van der Waals surface area contributed by atoms with Gasteiger partial charge in [-0.15, -0.1) is 0 Å². The summed E-state index contributed by atoms with van der Waals surface area (Å²) in [5.74, 6) is 0.589. The van der Waals surface area contributed by atoms with Crippen molar-refractivity contribution in [1.82, 2.24) is 0 Å². The highest BCUT2D eigenvalue weighted by atomic mass is 16.4. The lowest BCUT2D eigenvalue weighted by Crippen LogP contribution is -2.53. The molecule has 0 aliphatic heterocycles. The van der Waals surface area contributed by atoms with Crippen molar-refractivity contribution in [2.24, 2.45) is 28.6 Å². The first-order valence-corrected chi connectivity index (χ1v) is 9.27.